The van der Waals surface area contributed by atoms with E-state index in [0.717, 1.165) is 27.3 Å². The first-order valence-electron chi connectivity index (χ1n) is 12.1. The second kappa shape index (κ2) is 12.8. The van der Waals surface area contributed by atoms with Gasteiger partial charge in [0.05, 0.1) is 19.1 Å². The maximum absolute atomic E-state index is 13.8. The van der Waals surface area contributed by atoms with Crippen molar-refractivity contribution in [3.05, 3.63) is 59.2 Å². The standard InChI is InChI=1S/C27H39N3O5S/c1-8-24(27(32)28-16-19(2)3)29(17-22-11-13-23(35-6)14-12-22)26(31)18-30(36(7,33)34)25-15-20(4)9-10-21(25)5/h9-15,19,24H,8,16-18H2,1-7H3,(H,28,32)/t24-/m1/s1. The van der Waals surface area contributed by atoms with Crippen molar-refractivity contribution in [2.45, 2.75) is 53.6 Å². The molecule has 0 saturated heterocycles. The Labute approximate surface area is 215 Å². The molecule has 0 unspecified atom stereocenters. The third-order valence-corrected chi connectivity index (χ3v) is 7.02. The maximum Gasteiger partial charge on any atom is 0.244 e. The molecule has 0 aliphatic carbocycles. The second-order valence-electron chi connectivity index (χ2n) is 9.49. The molecule has 9 heteroatoms. The van der Waals surface area contributed by atoms with Crippen LogP contribution < -0.4 is 14.4 Å². The number of carbonyl (C=O) groups is 2. The highest BCUT2D eigenvalue weighted by atomic mass is 32.2. The van der Waals surface area contributed by atoms with Crippen molar-refractivity contribution in [3.63, 3.8) is 0 Å². The first-order chi connectivity index (χ1) is 16.9. The van der Waals surface area contributed by atoms with E-state index in [1.54, 1.807) is 32.2 Å². The van der Waals surface area contributed by atoms with E-state index in [-0.39, 0.29) is 18.4 Å². The summed E-state index contributed by atoms with van der Waals surface area (Å²) in [6, 6.07) is 12.0. The predicted molar refractivity (Wildman–Crippen MR) is 144 cm³/mol. The van der Waals surface area contributed by atoms with E-state index >= 15 is 0 Å². The van der Waals surface area contributed by atoms with Crippen molar-refractivity contribution in [1.29, 1.82) is 0 Å². The third kappa shape index (κ3) is 7.98. The number of amides is 2. The molecule has 0 saturated carbocycles. The fourth-order valence-corrected chi connectivity index (χ4v) is 4.75. The minimum Gasteiger partial charge on any atom is -0.497 e. The van der Waals surface area contributed by atoms with Crippen LogP contribution in [-0.4, -0.2) is 57.6 Å². The lowest BCUT2D eigenvalue weighted by Crippen LogP contribution is -2.52. The van der Waals surface area contributed by atoms with Gasteiger partial charge in [0.2, 0.25) is 21.8 Å². The van der Waals surface area contributed by atoms with Crippen molar-refractivity contribution in [1.82, 2.24) is 10.2 Å². The Bertz CT molecular complexity index is 1150. The van der Waals surface area contributed by atoms with Crippen molar-refractivity contribution in [2.24, 2.45) is 5.92 Å². The molecule has 0 heterocycles. The molecule has 2 amide bonds. The number of anilines is 1. The molecule has 2 aromatic rings. The molecule has 0 aliphatic heterocycles. The highest BCUT2D eigenvalue weighted by Crippen LogP contribution is 2.25. The summed E-state index contributed by atoms with van der Waals surface area (Å²) in [5.41, 5.74) is 2.87. The Kier molecular flexibility index (Phi) is 10.3. The van der Waals surface area contributed by atoms with Crippen molar-refractivity contribution in [3.8, 4) is 5.75 Å². The smallest absolute Gasteiger partial charge is 0.244 e. The number of hydrogen-bond acceptors (Lipinski definition) is 5. The first kappa shape index (κ1) is 29.2. The number of sulfonamides is 1. The van der Waals surface area contributed by atoms with Crippen LogP contribution in [0.4, 0.5) is 5.69 Å². The molecule has 0 aromatic heterocycles. The van der Waals surface area contributed by atoms with Gasteiger partial charge in [0.25, 0.3) is 0 Å². The minimum atomic E-state index is -3.77. The number of ether oxygens (including phenoxy) is 1. The van der Waals surface area contributed by atoms with Crippen LogP contribution in [0.2, 0.25) is 0 Å². The SMILES string of the molecule is CC[C@H](C(=O)NCC(C)C)N(Cc1ccc(OC)cc1)C(=O)CN(c1cc(C)ccc1C)S(C)(=O)=O. The maximum atomic E-state index is 13.8. The van der Waals surface area contributed by atoms with Crippen molar-refractivity contribution in [2.75, 3.05) is 30.8 Å². The predicted octanol–water partition coefficient (Wildman–Crippen LogP) is 3.66. The van der Waals surface area contributed by atoms with Crippen LogP contribution in [-0.2, 0) is 26.2 Å². The van der Waals surface area contributed by atoms with Gasteiger partial charge in [0.1, 0.15) is 18.3 Å². The third-order valence-electron chi connectivity index (χ3n) is 5.89. The number of nitrogens with one attached hydrogen (secondary N) is 1. The zero-order valence-electron chi connectivity index (χ0n) is 22.4. The van der Waals surface area contributed by atoms with Gasteiger partial charge in [-0.1, -0.05) is 45.0 Å². The molecule has 2 aromatic carbocycles. The van der Waals surface area contributed by atoms with E-state index in [4.69, 9.17) is 4.74 Å². The number of rotatable bonds is 12. The van der Waals surface area contributed by atoms with Gasteiger partial charge in [0, 0.05) is 13.1 Å². The summed E-state index contributed by atoms with van der Waals surface area (Å²) in [7, 11) is -2.20. The molecule has 0 fully saturated rings. The molecule has 198 valence electrons. The van der Waals surface area contributed by atoms with E-state index in [9.17, 15) is 18.0 Å². The van der Waals surface area contributed by atoms with Crippen LogP contribution in [0.15, 0.2) is 42.5 Å². The van der Waals surface area contributed by atoms with Crippen LogP contribution in [0, 0.1) is 19.8 Å². The summed E-state index contributed by atoms with van der Waals surface area (Å²) in [6.45, 7) is 9.73. The van der Waals surface area contributed by atoms with Crippen molar-refractivity contribution < 1.29 is 22.7 Å². The summed E-state index contributed by atoms with van der Waals surface area (Å²) in [6.07, 6.45) is 1.47. The molecule has 0 bridgehead atoms. The largest absolute Gasteiger partial charge is 0.497 e. The second-order valence-corrected chi connectivity index (χ2v) is 11.4. The number of hydrogen-bond donors (Lipinski definition) is 1. The molecular weight excluding hydrogens is 478 g/mol. The summed E-state index contributed by atoms with van der Waals surface area (Å²) in [5, 5.41) is 2.92. The number of methoxy groups -OCH3 is 1. The Morgan fingerprint density at radius 1 is 1.06 bits per heavy atom. The highest BCUT2D eigenvalue weighted by Gasteiger charge is 2.32. The molecule has 2 rings (SSSR count). The van der Waals surface area contributed by atoms with E-state index in [1.807, 2.05) is 52.0 Å². The minimum absolute atomic E-state index is 0.154. The van der Waals surface area contributed by atoms with Crippen LogP contribution in [0.3, 0.4) is 0 Å². The van der Waals surface area contributed by atoms with Gasteiger partial charge in [-0.15, -0.1) is 0 Å². The van der Waals surface area contributed by atoms with Crippen molar-refractivity contribution >= 4 is 27.5 Å². The molecule has 0 aliphatic rings. The van der Waals surface area contributed by atoms with Gasteiger partial charge in [-0.05, 0) is 61.1 Å². The summed E-state index contributed by atoms with van der Waals surface area (Å²) < 4.78 is 31.9. The Balaban J connectivity index is 2.46. The zero-order chi connectivity index (χ0) is 27.0. The Morgan fingerprint density at radius 3 is 2.22 bits per heavy atom. The van der Waals surface area contributed by atoms with Crippen LogP contribution >= 0.6 is 0 Å². The van der Waals surface area contributed by atoms with E-state index < -0.39 is 28.5 Å². The highest BCUT2D eigenvalue weighted by molar-refractivity contribution is 7.92. The first-order valence-corrected chi connectivity index (χ1v) is 14.0. The number of aryl methyl sites for hydroxylation is 2. The molecule has 0 spiro atoms. The number of benzene rings is 2. The normalized spacial score (nSPS) is 12.2. The molecule has 36 heavy (non-hydrogen) atoms. The number of carbonyl (C=O) groups excluding carboxylic acids is 2. The topological polar surface area (TPSA) is 96.0 Å². The van der Waals surface area contributed by atoms with Crippen LogP contribution in [0.25, 0.3) is 0 Å². The van der Waals surface area contributed by atoms with Gasteiger partial charge in [-0.25, -0.2) is 8.42 Å². The van der Waals surface area contributed by atoms with E-state index in [0.29, 0.717) is 24.4 Å². The monoisotopic (exact) mass is 517 g/mol. The average molecular weight is 518 g/mol. The number of nitrogens with zero attached hydrogens (tertiary/aromatic N) is 2. The Hall–Kier alpha value is -3.07. The van der Waals surface area contributed by atoms with Crippen LogP contribution in [0.5, 0.6) is 5.75 Å². The van der Waals surface area contributed by atoms with Gasteiger partial charge in [0.15, 0.2) is 0 Å². The zero-order valence-corrected chi connectivity index (χ0v) is 23.2. The summed E-state index contributed by atoms with van der Waals surface area (Å²) >= 11 is 0. The molecule has 1 atom stereocenters. The van der Waals surface area contributed by atoms with E-state index in [1.165, 1.54) is 4.90 Å². The lowest BCUT2D eigenvalue weighted by molar-refractivity contribution is -0.140. The fourth-order valence-electron chi connectivity index (χ4n) is 3.85. The fraction of sp³-hybridized carbons (Fsp3) is 0.481. The van der Waals surface area contributed by atoms with Gasteiger partial charge in [-0.2, -0.15) is 0 Å². The van der Waals surface area contributed by atoms with E-state index in [2.05, 4.69) is 5.32 Å². The average Bonchev–Trinajstić information content (AvgIpc) is 2.82. The summed E-state index contributed by atoms with van der Waals surface area (Å²) in [5.74, 6) is 0.216. The molecule has 1 N–H and O–H groups in total. The molecule has 8 nitrogen and oxygen atoms in total. The van der Waals surface area contributed by atoms with Gasteiger partial charge in [-0.3, -0.25) is 13.9 Å². The van der Waals surface area contributed by atoms with Gasteiger partial charge >= 0.3 is 0 Å². The van der Waals surface area contributed by atoms with Gasteiger partial charge < -0.3 is 15.0 Å². The Morgan fingerprint density at radius 2 is 1.69 bits per heavy atom. The lowest BCUT2D eigenvalue weighted by Gasteiger charge is -2.33. The lowest BCUT2D eigenvalue weighted by atomic mass is 10.1. The quantitative estimate of drug-likeness (QED) is 0.464. The van der Waals surface area contributed by atoms with Crippen LogP contribution in [0.1, 0.15) is 43.9 Å². The molecule has 0 radical (unpaired) electrons. The summed E-state index contributed by atoms with van der Waals surface area (Å²) in [4.78, 5) is 28.3. The molecular formula is C27H39N3O5S.